The third-order valence-corrected chi connectivity index (χ3v) is 4.57. The number of ether oxygens (including phenoxy) is 1. The van der Waals surface area contributed by atoms with E-state index in [2.05, 4.69) is 21.2 Å². The van der Waals surface area contributed by atoms with Crippen molar-refractivity contribution in [2.75, 3.05) is 13.2 Å². The Labute approximate surface area is 157 Å². The zero-order valence-corrected chi connectivity index (χ0v) is 15.3. The zero-order chi connectivity index (χ0) is 18.7. The van der Waals surface area contributed by atoms with Crippen LogP contribution in [-0.2, 0) is 4.74 Å². The van der Waals surface area contributed by atoms with Crippen molar-refractivity contribution >= 4 is 27.6 Å². The highest BCUT2D eigenvalue weighted by Gasteiger charge is 2.20. The highest BCUT2D eigenvalue weighted by Crippen LogP contribution is 2.24. The van der Waals surface area contributed by atoms with Crippen LogP contribution in [0.4, 0.5) is 0 Å². The smallest absolute Gasteiger partial charge is 0.256 e. The molecule has 3 rings (SSSR count). The van der Waals surface area contributed by atoms with Gasteiger partial charge in [-0.2, -0.15) is 0 Å². The van der Waals surface area contributed by atoms with Gasteiger partial charge in [-0.3, -0.25) is 15.0 Å². The van der Waals surface area contributed by atoms with Gasteiger partial charge in [-0.05, 0) is 37.1 Å². The third-order valence-electron chi connectivity index (χ3n) is 4.07. The van der Waals surface area contributed by atoms with Gasteiger partial charge in [0.2, 0.25) is 5.55 Å². The van der Waals surface area contributed by atoms with Crippen LogP contribution in [0.15, 0.2) is 39.4 Å². The van der Waals surface area contributed by atoms with E-state index in [1.807, 2.05) is 0 Å². The van der Waals surface area contributed by atoms with E-state index in [1.54, 1.807) is 6.07 Å². The van der Waals surface area contributed by atoms with Gasteiger partial charge in [0, 0.05) is 17.6 Å². The number of nitrogens with one attached hydrogen (secondary N) is 2. The van der Waals surface area contributed by atoms with Crippen molar-refractivity contribution in [3.05, 3.63) is 57.2 Å². The molecule has 1 aromatic heterocycles. The van der Waals surface area contributed by atoms with Gasteiger partial charge in [0.05, 0.1) is 17.2 Å². The van der Waals surface area contributed by atoms with E-state index in [1.165, 1.54) is 18.2 Å². The molecule has 1 saturated heterocycles. The summed E-state index contributed by atoms with van der Waals surface area (Å²) in [5.74, 6) is -1.21. The topological polar surface area (TPSA) is 113 Å². The first-order valence-corrected chi connectivity index (χ1v) is 8.85. The van der Waals surface area contributed by atoms with Crippen LogP contribution < -0.4 is 10.9 Å². The average Bonchev–Trinajstić information content (AvgIpc) is 3.15. The second-order valence-electron chi connectivity index (χ2n) is 5.91. The molecule has 0 radical (unpaired) electrons. The van der Waals surface area contributed by atoms with Gasteiger partial charge in [-0.15, -0.1) is 0 Å². The molecule has 136 valence electrons. The van der Waals surface area contributed by atoms with Gasteiger partial charge in [-0.25, -0.2) is 0 Å². The van der Waals surface area contributed by atoms with E-state index in [-0.39, 0.29) is 34.1 Å². The monoisotopic (exact) mass is 420 g/mol. The van der Waals surface area contributed by atoms with Crippen LogP contribution in [0.1, 0.15) is 39.1 Å². The first-order chi connectivity index (χ1) is 12.5. The lowest BCUT2D eigenvalue weighted by Gasteiger charge is -2.11. The lowest BCUT2D eigenvalue weighted by Crippen LogP contribution is -2.34. The summed E-state index contributed by atoms with van der Waals surface area (Å²) in [7, 11) is 0. The maximum absolute atomic E-state index is 12.6. The van der Waals surface area contributed by atoms with Crippen molar-refractivity contribution in [1.29, 1.82) is 5.41 Å². The molecule has 0 aliphatic carbocycles. The molecule has 1 fully saturated rings. The summed E-state index contributed by atoms with van der Waals surface area (Å²) in [4.78, 5) is 25.0. The minimum Gasteiger partial charge on any atom is -0.507 e. The molecule has 1 aromatic carbocycles. The van der Waals surface area contributed by atoms with Crippen LogP contribution >= 0.6 is 15.9 Å². The Balaban J connectivity index is 1.82. The van der Waals surface area contributed by atoms with Crippen molar-refractivity contribution in [2.45, 2.75) is 18.9 Å². The molecule has 26 heavy (non-hydrogen) atoms. The van der Waals surface area contributed by atoms with Gasteiger partial charge >= 0.3 is 0 Å². The number of benzene rings is 1. The van der Waals surface area contributed by atoms with E-state index in [0.717, 1.165) is 19.1 Å². The zero-order valence-electron chi connectivity index (χ0n) is 13.8. The van der Waals surface area contributed by atoms with Crippen LogP contribution in [0, 0.1) is 5.41 Å². The first kappa shape index (κ1) is 18.3. The van der Waals surface area contributed by atoms with Crippen molar-refractivity contribution in [3.63, 3.8) is 0 Å². The SMILES string of the molecule is N=c1occ(C(=O)c2cc(Br)ccc2O)cc1C(=O)NC[C@H]1CCCO1. The summed E-state index contributed by atoms with van der Waals surface area (Å²) in [6, 6.07) is 5.76. The standard InChI is InChI=1S/C18H17BrN2O5/c19-11-3-4-15(22)13(7-11)16(23)10-6-14(17(20)26-9-10)18(24)21-8-12-2-1-5-25-12/h3-4,6-7,9,12,20,22H,1-2,5,8H2,(H,21,24)/t12-/m1/s1. The fraction of sp³-hybridized carbons (Fsp3) is 0.278. The molecule has 0 bridgehead atoms. The van der Waals surface area contributed by atoms with Gasteiger partial charge in [0.1, 0.15) is 17.6 Å². The van der Waals surface area contributed by atoms with Gasteiger partial charge in [0.25, 0.3) is 5.91 Å². The molecule has 1 amide bonds. The van der Waals surface area contributed by atoms with E-state index in [4.69, 9.17) is 14.6 Å². The van der Waals surface area contributed by atoms with Crippen LogP contribution in [0.5, 0.6) is 5.75 Å². The molecule has 2 aromatic rings. The normalized spacial score (nSPS) is 16.4. The number of ketones is 1. The number of carbonyl (C=O) groups is 2. The van der Waals surface area contributed by atoms with Crippen molar-refractivity contribution < 1.29 is 23.8 Å². The molecular weight excluding hydrogens is 404 g/mol. The summed E-state index contributed by atoms with van der Waals surface area (Å²) in [6.07, 6.45) is 2.90. The second-order valence-corrected chi connectivity index (χ2v) is 6.83. The quantitative estimate of drug-likeness (QED) is 0.642. The molecule has 2 heterocycles. The molecule has 7 nitrogen and oxygen atoms in total. The Bertz CT molecular complexity index is 903. The van der Waals surface area contributed by atoms with Gasteiger partial charge < -0.3 is 19.6 Å². The Kier molecular flexibility index (Phi) is 5.53. The predicted octanol–water partition coefficient (Wildman–Crippen LogP) is 2.37. The Hall–Kier alpha value is -2.45. The van der Waals surface area contributed by atoms with E-state index < -0.39 is 11.7 Å². The maximum Gasteiger partial charge on any atom is 0.256 e. The van der Waals surface area contributed by atoms with Crippen LogP contribution in [0.25, 0.3) is 0 Å². The molecule has 8 heteroatoms. The number of rotatable bonds is 5. The molecular formula is C18H17BrN2O5. The van der Waals surface area contributed by atoms with Crippen molar-refractivity contribution in [1.82, 2.24) is 5.32 Å². The summed E-state index contributed by atoms with van der Waals surface area (Å²) in [6.45, 7) is 1.02. The number of amides is 1. The third kappa shape index (κ3) is 4.03. The van der Waals surface area contributed by atoms with Crippen molar-refractivity contribution in [3.8, 4) is 5.75 Å². The Morgan fingerprint density at radius 3 is 2.85 bits per heavy atom. The largest absolute Gasteiger partial charge is 0.507 e. The molecule has 1 atom stereocenters. The minimum absolute atomic E-state index is 0.0338. The molecule has 0 unspecified atom stereocenters. The van der Waals surface area contributed by atoms with E-state index in [9.17, 15) is 14.7 Å². The second kappa shape index (κ2) is 7.84. The number of carbonyl (C=O) groups excluding carboxylic acids is 2. The van der Waals surface area contributed by atoms with Crippen LogP contribution in [0.2, 0.25) is 0 Å². The highest BCUT2D eigenvalue weighted by molar-refractivity contribution is 9.10. The lowest BCUT2D eigenvalue weighted by atomic mass is 10.0. The summed E-state index contributed by atoms with van der Waals surface area (Å²) >= 11 is 3.25. The maximum atomic E-state index is 12.6. The summed E-state index contributed by atoms with van der Waals surface area (Å²) < 4.78 is 11.1. The summed E-state index contributed by atoms with van der Waals surface area (Å²) in [5, 5.41) is 20.4. The molecule has 3 N–H and O–H groups in total. The van der Waals surface area contributed by atoms with Gasteiger partial charge in [-0.1, -0.05) is 15.9 Å². The highest BCUT2D eigenvalue weighted by atomic mass is 79.9. The molecule has 1 aliphatic heterocycles. The predicted molar refractivity (Wildman–Crippen MR) is 95.1 cm³/mol. The van der Waals surface area contributed by atoms with Crippen molar-refractivity contribution in [2.24, 2.45) is 0 Å². The molecule has 1 aliphatic rings. The Morgan fingerprint density at radius 2 is 2.12 bits per heavy atom. The van der Waals surface area contributed by atoms with Gasteiger partial charge in [0.15, 0.2) is 5.78 Å². The first-order valence-electron chi connectivity index (χ1n) is 8.06. The fourth-order valence-corrected chi connectivity index (χ4v) is 3.04. The number of hydrogen-bond acceptors (Lipinski definition) is 6. The summed E-state index contributed by atoms with van der Waals surface area (Å²) in [5.41, 5.74) is -0.261. The molecule has 0 spiro atoms. The number of halogens is 1. The number of aromatic hydroxyl groups is 1. The minimum atomic E-state index is -0.513. The Morgan fingerprint density at radius 1 is 1.31 bits per heavy atom. The van der Waals surface area contributed by atoms with Crippen LogP contribution in [0.3, 0.4) is 0 Å². The van der Waals surface area contributed by atoms with E-state index in [0.29, 0.717) is 17.6 Å². The lowest BCUT2D eigenvalue weighted by molar-refractivity contribution is 0.0853. The number of hydrogen-bond donors (Lipinski definition) is 3. The molecule has 0 saturated carbocycles. The van der Waals surface area contributed by atoms with E-state index >= 15 is 0 Å². The fourth-order valence-electron chi connectivity index (χ4n) is 2.68. The average molecular weight is 421 g/mol. The number of phenols is 1. The number of phenolic OH excluding ortho intramolecular Hbond substituents is 1. The van der Waals surface area contributed by atoms with Crippen LogP contribution in [-0.4, -0.2) is 36.1 Å².